The second-order valence-electron chi connectivity index (χ2n) is 5.50. The standard InChI is InChI=1S/C19H23NO3/c1-14(16-8-5-4-6-9-16)13-20-19(21)15(2)23-18-11-7-10-17(12-18)22-3/h4-12,14-15H,13H2,1-3H3,(H,20,21). The Bertz CT molecular complexity index is 628. The van der Waals surface area contributed by atoms with Crippen LogP contribution in [0.1, 0.15) is 25.3 Å². The van der Waals surface area contributed by atoms with Crippen molar-refractivity contribution in [1.82, 2.24) is 5.32 Å². The van der Waals surface area contributed by atoms with Crippen LogP contribution in [0.5, 0.6) is 11.5 Å². The van der Waals surface area contributed by atoms with Crippen molar-refractivity contribution in [3.8, 4) is 11.5 Å². The summed E-state index contributed by atoms with van der Waals surface area (Å²) in [5.74, 6) is 1.44. The van der Waals surface area contributed by atoms with Gasteiger partial charge in [-0.25, -0.2) is 0 Å². The predicted octanol–water partition coefficient (Wildman–Crippen LogP) is 3.38. The average Bonchev–Trinajstić information content (AvgIpc) is 2.60. The predicted molar refractivity (Wildman–Crippen MR) is 91.0 cm³/mol. The van der Waals surface area contributed by atoms with Gasteiger partial charge in [-0.1, -0.05) is 43.3 Å². The second-order valence-corrected chi connectivity index (χ2v) is 5.50. The summed E-state index contributed by atoms with van der Waals surface area (Å²) in [5, 5.41) is 2.93. The Morgan fingerprint density at radius 2 is 1.74 bits per heavy atom. The Balaban J connectivity index is 1.85. The van der Waals surface area contributed by atoms with Crippen molar-refractivity contribution >= 4 is 5.91 Å². The van der Waals surface area contributed by atoms with E-state index in [4.69, 9.17) is 9.47 Å². The zero-order valence-corrected chi connectivity index (χ0v) is 13.8. The van der Waals surface area contributed by atoms with Gasteiger partial charge in [-0.2, -0.15) is 0 Å². The lowest BCUT2D eigenvalue weighted by molar-refractivity contribution is -0.127. The molecule has 0 aromatic heterocycles. The van der Waals surface area contributed by atoms with Crippen molar-refractivity contribution in [1.29, 1.82) is 0 Å². The molecule has 0 saturated carbocycles. The molecular weight excluding hydrogens is 290 g/mol. The first-order valence-corrected chi connectivity index (χ1v) is 7.73. The maximum absolute atomic E-state index is 12.2. The van der Waals surface area contributed by atoms with Gasteiger partial charge >= 0.3 is 0 Å². The van der Waals surface area contributed by atoms with E-state index in [0.29, 0.717) is 18.0 Å². The summed E-state index contributed by atoms with van der Waals surface area (Å²) in [6.45, 7) is 4.40. The van der Waals surface area contributed by atoms with E-state index in [1.165, 1.54) is 5.56 Å². The third kappa shape index (κ3) is 5.02. The Morgan fingerprint density at radius 3 is 2.43 bits per heavy atom. The zero-order valence-electron chi connectivity index (χ0n) is 13.8. The molecule has 1 N–H and O–H groups in total. The topological polar surface area (TPSA) is 47.6 Å². The molecule has 0 bridgehead atoms. The van der Waals surface area contributed by atoms with Gasteiger partial charge in [0, 0.05) is 12.6 Å². The number of hydrogen-bond donors (Lipinski definition) is 1. The molecule has 0 radical (unpaired) electrons. The van der Waals surface area contributed by atoms with E-state index >= 15 is 0 Å². The molecule has 0 aliphatic carbocycles. The Morgan fingerprint density at radius 1 is 1.04 bits per heavy atom. The molecule has 2 unspecified atom stereocenters. The SMILES string of the molecule is COc1cccc(OC(C)C(=O)NCC(C)c2ccccc2)c1. The molecule has 1 amide bonds. The first-order chi connectivity index (χ1) is 11.1. The van der Waals surface area contributed by atoms with Gasteiger partial charge in [0.05, 0.1) is 7.11 Å². The molecular formula is C19H23NO3. The van der Waals surface area contributed by atoms with Gasteiger partial charge in [-0.05, 0) is 30.5 Å². The van der Waals surface area contributed by atoms with Gasteiger partial charge in [0.1, 0.15) is 11.5 Å². The fourth-order valence-electron chi connectivity index (χ4n) is 2.23. The fourth-order valence-corrected chi connectivity index (χ4v) is 2.23. The van der Waals surface area contributed by atoms with Crippen LogP contribution in [0.4, 0.5) is 0 Å². The lowest BCUT2D eigenvalue weighted by Gasteiger charge is -2.17. The van der Waals surface area contributed by atoms with Gasteiger partial charge in [0.15, 0.2) is 6.10 Å². The number of ether oxygens (including phenoxy) is 2. The van der Waals surface area contributed by atoms with E-state index in [0.717, 1.165) is 0 Å². The van der Waals surface area contributed by atoms with Crippen LogP contribution in [0.15, 0.2) is 54.6 Å². The molecule has 2 atom stereocenters. The highest BCUT2D eigenvalue weighted by atomic mass is 16.5. The third-order valence-corrected chi connectivity index (χ3v) is 3.67. The van der Waals surface area contributed by atoms with E-state index in [9.17, 15) is 4.79 Å². The monoisotopic (exact) mass is 313 g/mol. The van der Waals surface area contributed by atoms with Gasteiger partial charge in [-0.3, -0.25) is 4.79 Å². The molecule has 2 rings (SSSR count). The largest absolute Gasteiger partial charge is 0.497 e. The number of amides is 1. The highest BCUT2D eigenvalue weighted by Crippen LogP contribution is 2.20. The summed E-state index contributed by atoms with van der Waals surface area (Å²) in [6.07, 6.45) is -0.565. The first kappa shape index (κ1) is 16.9. The van der Waals surface area contributed by atoms with Crippen molar-refractivity contribution in [3.63, 3.8) is 0 Å². The molecule has 2 aromatic carbocycles. The molecule has 4 nitrogen and oxygen atoms in total. The molecule has 0 aliphatic rings. The number of methoxy groups -OCH3 is 1. The summed E-state index contributed by atoms with van der Waals surface area (Å²) in [4.78, 5) is 12.2. The fraction of sp³-hybridized carbons (Fsp3) is 0.316. The average molecular weight is 313 g/mol. The van der Waals surface area contributed by atoms with Gasteiger partial charge in [0.25, 0.3) is 5.91 Å². The number of hydrogen-bond acceptors (Lipinski definition) is 3. The van der Waals surface area contributed by atoms with Crippen molar-refractivity contribution in [2.75, 3.05) is 13.7 Å². The smallest absolute Gasteiger partial charge is 0.260 e. The molecule has 23 heavy (non-hydrogen) atoms. The minimum Gasteiger partial charge on any atom is -0.497 e. The van der Waals surface area contributed by atoms with Crippen molar-refractivity contribution in [2.45, 2.75) is 25.9 Å². The highest BCUT2D eigenvalue weighted by Gasteiger charge is 2.16. The minimum atomic E-state index is -0.565. The first-order valence-electron chi connectivity index (χ1n) is 7.73. The van der Waals surface area contributed by atoms with Gasteiger partial charge in [-0.15, -0.1) is 0 Å². The normalized spacial score (nSPS) is 13.0. The van der Waals surface area contributed by atoms with Crippen LogP contribution in [-0.2, 0) is 4.79 Å². The minimum absolute atomic E-state index is 0.129. The van der Waals surface area contributed by atoms with Gasteiger partial charge in [0.2, 0.25) is 0 Å². The van der Waals surface area contributed by atoms with Crippen molar-refractivity contribution < 1.29 is 14.3 Å². The lowest BCUT2D eigenvalue weighted by atomic mass is 10.0. The number of nitrogens with one attached hydrogen (secondary N) is 1. The van der Waals surface area contributed by atoms with Crippen LogP contribution in [0.2, 0.25) is 0 Å². The molecule has 4 heteroatoms. The van der Waals surface area contributed by atoms with E-state index in [2.05, 4.69) is 24.4 Å². The highest BCUT2D eigenvalue weighted by molar-refractivity contribution is 5.80. The summed E-state index contributed by atoms with van der Waals surface area (Å²) < 4.78 is 10.8. The van der Waals surface area contributed by atoms with Crippen LogP contribution in [0.25, 0.3) is 0 Å². The molecule has 0 heterocycles. The Hall–Kier alpha value is -2.49. The molecule has 0 spiro atoms. The van der Waals surface area contributed by atoms with Crippen LogP contribution >= 0.6 is 0 Å². The van der Waals surface area contributed by atoms with Gasteiger partial charge < -0.3 is 14.8 Å². The maximum Gasteiger partial charge on any atom is 0.260 e. The quantitative estimate of drug-likeness (QED) is 0.852. The Labute approximate surface area is 137 Å². The summed E-state index contributed by atoms with van der Waals surface area (Å²) in [6, 6.07) is 17.3. The van der Waals surface area contributed by atoms with Crippen molar-refractivity contribution in [3.05, 3.63) is 60.2 Å². The molecule has 0 saturated heterocycles. The van der Waals surface area contributed by atoms with E-state index < -0.39 is 6.10 Å². The summed E-state index contributed by atoms with van der Waals surface area (Å²) in [7, 11) is 1.60. The molecule has 122 valence electrons. The third-order valence-electron chi connectivity index (χ3n) is 3.67. The summed E-state index contributed by atoms with van der Waals surface area (Å²) >= 11 is 0. The number of benzene rings is 2. The maximum atomic E-state index is 12.2. The number of carbonyl (C=O) groups excluding carboxylic acids is 1. The number of rotatable bonds is 7. The molecule has 2 aromatic rings. The number of carbonyl (C=O) groups is 1. The van der Waals surface area contributed by atoms with E-state index in [-0.39, 0.29) is 11.8 Å². The lowest BCUT2D eigenvalue weighted by Crippen LogP contribution is -2.38. The zero-order chi connectivity index (χ0) is 16.7. The molecule has 0 fully saturated rings. The Kier molecular flexibility index (Phi) is 6.03. The summed E-state index contributed by atoms with van der Waals surface area (Å²) in [5.41, 5.74) is 1.20. The van der Waals surface area contributed by atoms with Crippen LogP contribution in [0.3, 0.4) is 0 Å². The van der Waals surface area contributed by atoms with Crippen LogP contribution in [0, 0.1) is 0 Å². The van der Waals surface area contributed by atoms with Crippen molar-refractivity contribution in [2.24, 2.45) is 0 Å². The van der Waals surface area contributed by atoms with Crippen LogP contribution in [-0.4, -0.2) is 25.7 Å². The second kappa shape index (κ2) is 8.22. The van der Waals surface area contributed by atoms with E-state index in [1.54, 1.807) is 26.2 Å². The van der Waals surface area contributed by atoms with E-state index in [1.807, 2.05) is 30.3 Å². The molecule has 0 aliphatic heterocycles. The van der Waals surface area contributed by atoms with Crippen LogP contribution < -0.4 is 14.8 Å².